The zero-order valence-corrected chi connectivity index (χ0v) is 12.2. The average molecular weight is 294 g/mol. The molecule has 1 aliphatic rings. The third-order valence-electron chi connectivity index (χ3n) is 4.17. The second-order valence-electron chi connectivity index (χ2n) is 5.89. The van der Waals surface area contributed by atoms with Crippen molar-refractivity contribution in [1.29, 1.82) is 0 Å². The van der Waals surface area contributed by atoms with E-state index in [1.807, 2.05) is 0 Å². The summed E-state index contributed by atoms with van der Waals surface area (Å²) in [4.78, 5) is 15.6. The fourth-order valence-corrected chi connectivity index (χ4v) is 2.99. The third kappa shape index (κ3) is 5.08. The molecule has 0 saturated heterocycles. The molecule has 1 aromatic rings. The average Bonchev–Trinajstić information content (AvgIpc) is 2.52. The van der Waals surface area contributed by atoms with Crippen LogP contribution in [0.2, 0.25) is 0 Å². The van der Waals surface area contributed by atoms with Crippen molar-refractivity contribution in [3.8, 4) is 0 Å². The maximum atomic E-state index is 13.0. The van der Waals surface area contributed by atoms with Crippen LogP contribution in [0.25, 0.3) is 0 Å². The zero-order chi connectivity index (χ0) is 15.1. The fourth-order valence-electron chi connectivity index (χ4n) is 2.99. The monoisotopic (exact) mass is 294 g/mol. The number of aromatic nitrogens is 1. The van der Waals surface area contributed by atoms with Gasteiger partial charge in [0.25, 0.3) is 5.91 Å². The number of nitrogens with zero attached hydrogens (tertiary/aromatic N) is 1. The summed E-state index contributed by atoms with van der Waals surface area (Å²) in [6, 6.07) is 1.16. The highest BCUT2D eigenvalue weighted by Crippen LogP contribution is 2.28. The summed E-state index contributed by atoms with van der Waals surface area (Å²) in [7, 11) is 0. The molecule has 1 atom stereocenters. The number of nitrogens with one attached hydrogen (secondary N) is 1. The Morgan fingerprint density at radius 3 is 2.81 bits per heavy atom. The van der Waals surface area contributed by atoms with Gasteiger partial charge in [0.05, 0.1) is 11.8 Å². The van der Waals surface area contributed by atoms with Crippen LogP contribution in [0.4, 0.5) is 4.39 Å². The second kappa shape index (κ2) is 8.08. The number of hydrogen-bond donors (Lipinski definition) is 2. The van der Waals surface area contributed by atoms with E-state index >= 15 is 0 Å². The summed E-state index contributed by atoms with van der Waals surface area (Å²) in [5.74, 6) is -0.144. The molecule has 1 fully saturated rings. The Morgan fingerprint density at radius 1 is 1.38 bits per heavy atom. The van der Waals surface area contributed by atoms with Crippen molar-refractivity contribution >= 4 is 5.91 Å². The van der Waals surface area contributed by atoms with Gasteiger partial charge in [-0.25, -0.2) is 4.39 Å². The van der Waals surface area contributed by atoms with Crippen LogP contribution in [-0.2, 0) is 0 Å². The fraction of sp³-hybridized carbons (Fsp3) is 0.625. The summed E-state index contributed by atoms with van der Waals surface area (Å²) in [5.41, 5.74) is 0.212. The summed E-state index contributed by atoms with van der Waals surface area (Å²) >= 11 is 0. The smallest absolute Gasteiger partial charge is 0.252 e. The van der Waals surface area contributed by atoms with Crippen molar-refractivity contribution in [1.82, 2.24) is 10.3 Å². The molecule has 0 aliphatic heterocycles. The number of aliphatic hydroxyl groups is 1. The molecule has 0 bridgehead atoms. The molecule has 4 nitrogen and oxygen atoms in total. The number of carbonyl (C=O) groups is 1. The lowest BCUT2D eigenvalue weighted by molar-refractivity contribution is 0.0932. The number of hydrogen-bond acceptors (Lipinski definition) is 3. The van der Waals surface area contributed by atoms with Crippen LogP contribution in [0.5, 0.6) is 0 Å². The number of rotatable bonds is 6. The normalized spacial score (nSPS) is 17.4. The van der Waals surface area contributed by atoms with Crippen molar-refractivity contribution in [2.75, 3.05) is 13.2 Å². The molecule has 1 aromatic heterocycles. The van der Waals surface area contributed by atoms with Gasteiger partial charge < -0.3 is 10.4 Å². The predicted octanol–water partition coefficient (Wildman–Crippen LogP) is 2.53. The van der Waals surface area contributed by atoms with Crippen LogP contribution in [0.3, 0.4) is 0 Å². The minimum Gasteiger partial charge on any atom is -0.396 e. The first-order chi connectivity index (χ1) is 10.2. The molecule has 116 valence electrons. The van der Waals surface area contributed by atoms with E-state index in [1.165, 1.54) is 38.3 Å². The van der Waals surface area contributed by atoms with Crippen LogP contribution in [-0.4, -0.2) is 29.1 Å². The van der Waals surface area contributed by atoms with Crippen LogP contribution < -0.4 is 5.32 Å². The van der Waals surface area contributed by atoms with E-state index in [2.05, 4.69) is 10.3 Å². The lowest BCUT2D eigenvalue weighted by atomic mass is 9.83. The Morgan fingerprint density at radius 2 is 2.14 bits per heavy atom. The van der Waals surface area contributed by atoms with E-state index in [0.29, 0.717) is 12.5 Å². The van der Waals surface area contributed by atoms with Gasteiger partial charge in [-0.1, -0.05) is 32.1 Å². The summed E-state index contributed by atoms with van der Waals surface area (Å²) in [5, 5.41) is 12.2. The molecule has 0 spiro atoms. The molecule has 1 unspecified atom stereocenters. The Labute approximate surface area is 124 Å². The third-order valence-corrected chi connectivity index (χ3v) is 4.17. The first-order valence-electron chi connectivity index (χ1n) is 7.68. The topological polar surface area (TPSA) is 62.2 Å². The minimum atomic E-state index is -0.524. The van der Waals surface area contributed by atoms with Crippen LogP contribution in [0, 0.1) is 17.7 Å². The van der Waals surface area contributed by atoms with Gasteiger partial charge in [0.2, 0.25) is 0 Å². The number of halogens is 1. The molecule has 1 aliphatic carbocycles. The van der Waals surface area contributed by atoms with Crippen LogP contribution in [0.15, 0.2) is 18.5 Å². The highest BCUT2D eigenvalue weighted by molar-refractivity contribution is 5.93. The van der Waals surface area contributed by atoms with Gasteiger partial charge in [-0.2, -0.15) is 0 Å². The maximum absolute atomic E-state index is 13.0. The van der Waals surface area contributed by atoms with Crippen molar-refractivity contribution in [2.24, 2.45) is 11.8 Å². The molecule has 2 rings (SSSR count). The lowest BCUT2D eigenvalue weighted by Gasteiger charge is -2.25. The van der Waals surface area contributed by atoms with Crippen LogP contribution >= 0.6 is 0 Å². The minimum absolute atomic E-state index is 0.0676. The Bertz CT molecular complexity index is 461. The van der Waals surface area contributed by atoms with Gasteiger partial charge in [-0.05, 0) is 24.3 Å². The van der Waals surface area contributed by atoms with E-state index < -0.39 is 5.82 Å². The molecule has 5 heteroatoms. The van der Waals surface area contributed by atoms with Gasteiger partial charge in [0.1, 0.15) is 5.82 Å². The molecule has 1 heterocycles. The molecule has 0 radical (unpaired) electrons. The predicted molar refractivity (Wildman–Crippen MR) is 78.3 cm³/mol. The van der Waals surface area contributed by atoms with Crippen molar-refractivity contribution in [2.45, 2.75) is 38.5 Å². The second-order valence-corrected chi connectivity index (χ2v) is 5.89. The zero-order valence-electron chi connectivity index (χ0n) is 12.2. The maximum Gasteiger partial charge on any atom is 0.252 e. The highest BCUT2D eigenvalue weighted by atomic mass is 19.1. The highest BCUT2D eigenvalue weighted by Gasteiger charge is 2.19. The van der Waals surface area contributed by atoms with Gasteiger partial charge in [-0.15, -0.1) is 0 Å². The van der Waals surface area contributed by atoms with E-state index in [4.69, 9.17) is 0 Å². The Balaban J connectivity index is 1.80. The largest absolute Gasteiger partial charge is 0.396 e. The first kappa shape index (κ1) is 15.9. The lowest BCUT2D eigenvalue weighted by Crippen LogP contribution is -2.32. The molecule has 1 saturated carbocycles. The first-order valence-corrected chi connectivity index (χ1v) is 7.68. The van der Waals surface area contributed by atoms with Crippen molar-refractivity contribution in [3.63, 3.8) is 0 Å². The van der Waals surface area contributed by atoms with Crippen molar-refractivity contribution in [3.05, 3.63) is 29.8 Å². The van der Waals surface area contributed by atoms with Gasteiger partial charge in [0, 0.05) is 19.3 Å². The number of pyridine rings is 1. The summed E-state index contributed by atoms with van der Waals surface area (Å²) in [6.45, 7) is 0.487. The molecule has 1 amide bonds. The molecular formula is C16H23FN2O2. The summed E-state index contributed by atoms with van der Waals surface area (Å²) < 4.78 is 13.0. The molecule has 2 N–H and O–H groups in total. The molecule has 21 heavy (non-hydrogen) atoms. The van der Waals surface area contributed by atoms with E-state index in [9.17, 15) is 14.3 Å². The SMILES string of the molecule is O=C(NCC(CO)CC1CCCCC1)c1cncc(F)c1. The number of aliphatic hydroxyl groups excluding tert-OH is 1. The summed E-state index contributed by atoms with van der Waals surface area (Å²) in [6.07, 6.45) is 9.64. The van der Waals surface area contributed by atoms with E-state index in [0.717, 1.165) is 18.7 Å². The molecular weight excluding hydrogens is 271 g/mol. The van der Waals surface area contributed by atoms with Crippen molar-refractivity contribution < 1.29 is 14.3 Å². The van der Waals surface area contributed by atoms with E-state index in [1.54, 1.807) is 0 Å². The molecule has 0 aromatic carbocycles. The van der Waals surface area contributed by atoms with E-state index in [-0.39, 0.29) is 24.0 Å². The van der Waals surface area contributed by atoms with Crippen LogP contribution in [0.1, 0.15) is 48.9 Å². The van der Waals surface area contributed by atoms with Gasteiger partial charge in [-0.3, -0.25) is 9.78 Å². The quantitative estimate of drug-likeness (QED) is 0.847. The van der Waals surface area contributed by atoms with Gasteiger partial charge >= 0.3 is 0 Å². The van der Waals surface area contributed by atoms with Gasteiger partial charge in [0.15, 0.2) is 0 Å². The number of amides is 1. The Hall–Kier alpha value is -1.49. The Kier molecular flexibility index (Phi) is 6.11. The standard InChI is InChI=1S/C16H23FN2O2/c17-15-7-14(9-18-10-15)16(21)19-8-13(11-20)6-12-4-2-1-3-5-12/h7,9-10,12-13,20H,1-6,8,11H2,(H,19,21). The number of carbonyl (C=O) groups excluding carboxylic acids is 1.